The van der Waals surface area contributed by atoms with Crippen molar-refractivity contribution in [2.24, 2.45) is 0 Å². The first-order valence-corrected chi connectivity index (χ1v) is 11.1. The zero-order valence-corrected chi connectivity index (χ0v) is 18.6. The number of imide groups is 1. The summed E-state index contributed by atoms with van der Waals surface area (Å²) in [6, 6.07) is 11.6. The number of carbonyl (C=O) groups is 3. The van der Waals surface area contributed by atoms with Gasteiger partial charge in [-0.15, -0.1) is 0 Å². The van der Waals surface area contributed by atoms with Crippen LogP contribution in [0, 0.1) is 0 Å². The molecular weight excluding hydrogens is 448 g/mol. The zero-order chi connectivity index (χ0) is 22.9. The molecule has 172 valence electrons. The summed E-state index contributed by atoms with van der Waals surface area (Å²) in [7, 11) is 0. The third-order valence-electron chi connectivity index (χ3n) is 6.07. The summed E-state index contributed by atoms with van der Waals surface area (Å²) < 4.78 is 10.6. The highest BCUT2D eigenvalue weighted by Gasteiger charge is 2.40. The summed E-state index contributed by atoms with van der Waals surface area (Å²) in [5.41, 5.74) is 1.76. The third kappa shape index (κ3) is 4.41. The molecule has 9 nitrogen and oxygen atoms in total. The second-order valence-corrected chi connectivity index (χ2v) is 8.60. The molecule has 0 bridgehead atoms. The maximum atomic E-state index is 12.8. The van der Waals surface area contributed by atoms with Gasteiger partial charge in [0, 0.05) is 36.9 Å². The predicted octanol–water partition coefficient (Wildman–Crippen LogP) is 2.23. The van der Waals surface area contributed by atoms with E-state index in [4.69, 9.17) is 21.1 Å². The molecule has 1 N–H and O–H groups in total. The molecule has 0 saturated carbocycles. The molecule has 10 heteroatoms. The molecule has 0 radical (unpaired) electrons. The van der Waals surface area contributed by atoms with E-state index >= 15 is 0 Å². The van der Waals surface area contributed by atoms with Gasteiger partial charge in [-0.25, -0.2) is 4.79 Å². The SMILES string of the molecule is O=C(C[C@@H]1NC(=O)N(Cc2ccc3c(c2)OCO3)C1=O)N1CCN(c2cccc(Cl)c2)CC1. The van der Waals surface area contributed by atoms with Crippen LogP contribution in [0.1, 0.15) is 12.0 Å². The van der Waals surface area contributed by atoms with Crippen LogP contribution in [0.4, 0.5) is 10.5 Å². The molecule has 0 spiro atoms. The number of urea groups is 1. The van der Waals surface area contributed by atoms with Crippen molar-refractivity contribution in [3.05, 3.63) is 53.1 Å². The minimum atomic E-state index is -0.857. The van der Waals surface area contributed by atoms with E-state index in [0.29, 0.717) is 42.7 Å². The molecule has 5 rings (SSSR count). The lowest BCUT2D eigenvalue weighted by Crippen LogP contribution is -2.50. The second-order valence-electron chi connectivity index (χ2n) is 8.17. The van der Waals surface area contributed by atoms with E-state index in [0.717, 1.165) is 16.2 Å². The molecule has 0 aromatic heterocycles. The van der Waals surface area contributed by atoms with Crippen LogP contribution in [0.15, 0.2) is 42.5 Å². The lowest BCUT2D eigenvalue weighted by molar-refractivity contribution is -0.136. The molecule has 2 saturated heterocycles. The molecule has 33 heavy (non-hydrogen) atoms. The van der Waals surface area contributed by atoms with Crippen LogP contribution in [-0.2, 0) is 16.1 Å². The number of nitrogens with zero attached hydrogens (tertiary/aromatic N) is 3. The van der Waals surface area contributed by atoms with Crippen LogP contribution in [0.25, 0.3) is 0 Å². The number of rotatable bonds is 5. The smallest absolute Gasteiger partial charge is 0.325 e. The topological polar surface area (TPSA) is 91.4 Å². The Balaban J connectivity index is 1.16. The van der Waals surface area contributed by atoms with Crippen LogP contribution < -0.4 is 19.7 Å². The molecule has 3 aliphatic rings. The van der Waals surface area contributed by atoms with Gasteiger partial charge in [0.15, 0.2) is 11.5 Å². The van der Waals surface area contributed by atoms with Crippen molar-refractivity contribution < 1.29 is 23.9 Å². The van der Waals surface area contributed by atoms with Crippen molar-refractivity contribution >= 4 is 35.1 Å². The van der Waals surface area contributed by atoms with E-state index in [9.17, 15) is 14.4 Å². The second kappa shape index (κ2) is 8.82. The molecule has 2 aromatic carbocycles. The Labute approximate surface area is 195 Å². The fourth-order valence-corrected chi connectivity index (χ4v) is 4.46. The largest absolute Gasteiger partial charge is 0.454 e. The lowest BCUT2D eigenvalue weighted by Gasteiger charge is -2.36. The number of benzene rings is 2. The fourth-order valence-electron chi connectivity index (χ4n) is 4.28. The van der Waals surface area contributed by atoms with Gasteiger partial charge in [0.1, 0.15) is 6.04 Å². The van der Waals surface area contributed by atoms with Crippen molar-refractivity contribution in [3.8, 4) is 11.5 Å². The van der Waals surface area contributed by atoms with Crippen LogP contribution in [0.3, 0.4) is 0 Å². The van der Waals surface area contributed by atoms with Gasteiger partial charge < -0.3 is 24.6 Å². The number of fused-ring (bicyclic) bond motifs is 1. The first-order valence-electron chi connectivity index (χ1n) is 10.8. The number of ether oxygens (including phenoxy) is 2. The van der Waals surface area contributed by atoms with E-state index < -0.39 is 18.0 Å². The highest BCUT2D eigenvalue weighted by molar-refractivity contribution is 6.30. The summed E-state index contributed by atoms with van der Waals surface area (Å²) >= 11 is 6.08. The van der Waals surface area contributed by atoms with Crippen molar-refractivity contribution in [3.63, 3.8) is 0 Å². The average molecular weight is 471 g/mol. The Bertz CT molecular complexity index is 1100. The van der Waals surface area contributed by atoms with E-state index in [-0.39, 0.29) is 25.7 Å². The summed E-state index contributed by atoms with van der Waals surface area (Å²) in [6.07, 6.45) is -0.0562. The molecule has 0 unspecified atom stereocenters. The minimum absolute atomic E-state index is 0.0562. The maximum Gasteiger partial charge on any atom is 0.325 e. The number of carbonyl (C=O) groups excluding carboxylic acids is 3. The molecule has 0 aliphatic carbocycles. The van der Waals surface area contributed by atoms with E-state index in [1.54, 1.807) is 23.1 Å². The van der Waals surface area contributed by atoms with E-state index in [2.05, 4.69) is 10.2 Å². The molecule has 3 aliphatic heterocycles. The highest BCUT2D eigenvalue weighted by Crippen LogP contribution is 2.33. The third-order valence-corrected chi connectivity index (χ3v) is 6.30. The summed E-state index contributed by atoms with van der Waals surface area (Å²) in [5, 5.41) is 3.32. The Morgan fingerprint density at radius 3 is 2.61 bits per heavy atom. The first-order chi connectivity index (χ1) is 16.0. The van der Waals surface area contributed by atoms with E-state index in [1.165, 1.54) is 0 Å². The van der Waals surface area contributed by atoms with Gasteiger partial charge in [0.25, 0.3) is 5.91 Å². The number of hydrogen-bond donors (Lipinski definition) is 1. The van der Waals surface area contributed by atoms with Gasteiger partial charge in [-0.2, -0.15) is 0 Å². The summed E-state index contributed by atoms with van der Waals surface area (Å²) in [5.74, 6) is 0.672. The Hall–Kier alpha value is -3.46. The van der Waals surface area contributed by atoms with Gasteiger partial charge in [0.2, 0.25) is 12.7 Å². The van der Waals surface area contributed by atoms with Gasteiger partial charge >= 0.3 is 6.03 Å². The Morgan fingerprint density at radius 1 is 1.03 bits per heavy atom. The maximum absolute atomic E-state index is 12.8. The number of nitrogens with one attached hydrogen (secondary N) is 1. The average Bonchev–Trinajstić information content (AvgIpc) is 3.39. The van der Waals surface area contributed by atoms with Gasteiger partial charge in [-0.05, 0) is 35.9 Å². The summed E-state index contributed by atoms with van der Waals surface area (Å²) in [6.45, 7) is 2.69. The van der Waals surface area contributed by atoms with Crippen molar-refractivity contribution in [2.75, 3.05) is 37.9 Å². The molecule has 1 atom stereocenters. The van der Waals surface area contributed by atoms with Gasteiger partial charge in [0.05, 0.1) is 13.0 Å². The number of anilines is 1. The van der Waals surface area contributed by atoms with Gasteiger partial charge in [-0.3, -0.25) is 14.5 Å². The number of piperazine rings is 1. The zero-order valence-electron chi connectivity index (χ0n) is 17.8. The fraction of sp³-hybridized carbons (Fsp3) is 0.348. The van der Waals surface area contributed by atoms with Crippen LogP contribution >= 0.6 is 11.6 Å². The van der Waals surface area contributed by atoms with Crippen LogP contribution in [0.2, 0.25) is 5.02 Å². The highest BCUT2D eigenvalue weighted by atomic mass is 35.5. The van der Waals surface area contributed by atoms with Crippen molar-refractivity contribution in [1.29, 1.82) is 0 Å². The molecule has 4 amide bonds. The van der Waals surface area contributed by atoms with E-state index in [1.807, 2.05) is 24.3 Å². The summed E-state index contributed by atoms with van der Waals surface area (Å²) in [4.78, 5) is 43.1. The molecule has 2 fully saturated rings. The molecule has 3 heterocycles. The number of halogens is 1. The Kier molecular flexibility index (Phi) is 5.72. The minimum Gasteiger partial charge on any atom is -0.454 e. The quantitative estimate of drug-likeness (QED) is 0.674. The molecular formula is C23H23ClN4O5. The lowest BCUT2D eigenvalue weighted by atomic mass is 10.1. The van der Waals surface area contributed by atoms with Crippen LogP contribution in [-0.4, -0.2) is 66.7 Å². The van der Waals surface area contributed by atoms with Crippen molar-refractivity contribution in [1.82, 2.24) is 15.1 Å². The van der Waals surface area contributed by atoms with Crippen LogP contribution in [0.5, 0.6) is 11.5 Å². The normalized spacial score (nSPS) is 19.8. The first kappa shape index (κ1) is 21.4. The number of amides is 4. The number of hydrogen-bond acceptors (Lipinski definition) is 6. The van der Waals surface area contributed by atoms with Crippen molar-refractivity contribution in [2.45, 2.75) is 19.0 Å². The standard InChI is InChI=1S/C23H23ClN4O5/c24-16-2-1-3-17(11-16)26-6-8-27(9-7-26)21(29)12-18-22(30)28(23(31)25-18)13-15-4-5-19-20(10-15)33-14-32-19/h1-5,10-11,18H,6-9,12-14H2,(H,25,31)/t18-/m0/s1. The molecule has 2 aromatic rings. The monoisotopic (exact) mass is 470 g/mol. The van der Waals surface area contributed by atoms with Gasteiger partial charge in [-0.1, -0.05) is 23.7 Å². The predicted molar refractivity (Wildman–Crippen MR) is 120 cm³/mol. The Morgan fingerprint density at radius 2 is 1.82 bits per heavy atom.